The van der Waals surface area contributed by atoms with Crippen molar-refractivity contribution in [2.45, 2.75) is 13.0 Å². The Morgan fingerprint density at radius 2 is 2.00 bits per heavy atom. The summed E-state index contributed by atoms with van der Waals surface area (Å²) in [6.07, 6.45) is -0.722. The summed E-state index contributed by atoms with van der Waals surface area (Å²) in [7, 11) is 0. The fourth-order valence-corrected chi connectivity index (χ4v) is 0.796. The Hall–Kier alpha value is -1.52. The summed E-state index contributed by atoms with van der Waals surface area (Å²) in [6.45, 7) is 5.37. The Labute approximate surface area is 78.7 Å². The van der Waals surface area contributed by atoms with E-state index in [0.717, 1.165) is 5.56 Å². The summed E-state index contributed by atoms with van der Waals surface area (Å²) in [5.74, 6) is 5.57. The molecule has 0 aliphatic heterocycles. The van der Waals surface area contributed by atoms with E-state index in [1.54, 1.807) is 6.92 Å². The van der Waals surface area contributed by atoms with Gasteiger partial charge in [0.2, 0.25) is 0 Å². The van der Waals surface area contributed by atoms with E-state index in [-0.39, 0.29) is 0 Å². The van der Waals surface area contributed by atoms with Gasteiger partial charge in [0.05, 0.1) is 0 Å². The van der Waals surface area contributed by atoms with Crippen molar-refractivity contribution in [3.05, 3.63) is 48.0 Å². The first-order chi connectivity index (χ1) is 6.20. The maximum absolute atomic E-state index is 9.31. The monoisotopic (exact) mass is 172 g/mol. The average molecular weight is 172 g/mol. The van der Waals surface area contributed by atoms with Gasteiger partial charge in [-0.2, -0.15) is 0 Å². The predicted octanol–water partition coefficient (Wildman–Crippen LogP) is 1.98. The van der Waals surface area contributed by atoms with Gasteiger partial charge in [0.15, 0.2) is 0 Å². The van der Waals surface area contributed by atoms with Gasteiger partial charge in [-0.1, -0.05) is 36.6 Å². The normalized spacial score (nSPS) is 11.2. The Kier molecular flexibility index (Phi) is 3.31. The van der Waals surface area contributed by atoms with Gasteiger partial charge in [-0.05, 0) is 24.6 Å². The largest absolute Gasteiger partial charge is 0.376 e. The third-order valence-corrected chi connectivity index (χ3v) is 1.59. The van der Waals surface area contributed by atoms with Crippen LogP contribution in [0.2, 0.25) is 0 Å². The molecule has 0 bridgehead atoms. The van der Waals surface area contributed by atoms with Gasteiger partial charge >= 0.3 is 0 Å². The molecule has 1 heteroatoms. The molecule has 1 atom stereocenters. The number of hydrogen-bond donors (Lipinski definition) is 1. The molecule has 0 amide bonds. The maximum atomic E-state index is 9.31. The zero-order valence-electron chi connectivity index (χ0n) is 7.62. The lowest BCUT2D eigenvalue weighted by atomic mass is 10.2. The van der Waals surface area contributed by atoms with Crippen molar-refractivity contribution in [2.24, 2.45) is 0 Å². The number of rotatable bonds is 1. The summed E-state index contributed by atoms with van der Waals surface area (Å²) in [6, 6.07) is 9.56. The van der Waals surface area contributed by atoms with Crippen LogP contribution < -0.4 is 0 Å². The fraction of sp³-hybridized carbons (Fsp3) is 0.167. The first-order valence-corrected chi connectivity index (χ1v) is 4.10. The summed E-state index contributed by atoms with van der Waals surface area (Å²) in [5, 5.41) is 9.31. The van der Waals surface area contributed by atoms with Gasteiger partial charge in [-0.15, -0.1) is 0 Å². The van der Waals surface area contributed by atoms with E-state index in [9.17, 15) is 5.11 Å². The predicted molar refractivity (Wildman–Crippen MR) is 54.1 cm³/mol. The number of benzene rings is 1. The van der Waals surface area contributed by atoms with Crippen molar-refractivity contribution in [1.82, 2.24) is 0 Å². The van der Waals surface area contributed by atoms with Crippen LogP contribution in [0.5, 0.6) is 0 Å². The maximum Gasteiger partial charge on any atom is 0.136 e. The van der Waals surface area contributed by atoms with Gasteiger partial charge in [0, 0.05) is 5.56 Å². The quantitative estimate of drug-likeness (QED) is 0.507. The first kappa shape index (κ1) is 9.57. The number of aliphatic hydroxyl groups excluding tert-OH is 1. The highest BCUT2D eigenvalue weighted by Crippen LogP contribution is 1.98. The van der Waals surface area contributed by atoms with Crippen molar-refractivity contribution in [1.29, 1.82) is 0 Å². The highest BCUT2D eigenvalue weighted by Gasteiger charge is 1.96. The molecule has 0 heterocycles. The SMILES string of the molecule is C=C(C)C(O)C#Cc1ccccc1. The van der Waals surface area contributed by atoms with E-state index in [4.69, 9.17) is 0 Å². The van der Waals surface area contributed by atoms with Crippen LogP contribution in [0.3, 0.4) is 0 Å². The van der Waals surface area contributed by atoms with E-state index in [1.165, 1.54) is 0 Å². The van der Waals surface area contributed by atoms with Crippen molar-refractivity contribution in [3.63, 3.8) is 0 Å². The van der Waals surface area contributed by atoms with E-state index in [0.29, 0.717) is 5.57 Å². The van der Waals surface area contributed by atoms with E-state index in [2.05, 4.69) is 18.4 Å². The van der Waals surface area contributed by atoms with Crippen LogP contribution in [0.4, 0.5) is 0 Å². The van der Waals surface area contributed by atoms with Gasteiger partial charge in [0.25, 0.3) is 0 Å². The number of hydrogen-bond acceptors (Lipinski definition) is 1. The minimum atomic E-state index is -0.722. The third kappa shape index (κ3) is 3.14. The highest BCUT2D eigenvalue weighted by atomic mass is 16.3. The molecule has 1 rings (SSSR count). The van der Waals surface area contributed by atoms with Crippen molar-refractivity contribution in [2.75, 3.05) is 0 Å². The topological polar surface area (TPSA) is 20.2 Å². The van der Waals surface area contributed by atoms with Gasteiger partial charge in [-0.25, -0.2) is 0 Å². The zero-order chi connectivity index (χ0) is 9.68. The van der Waals surface area contributed by atoms with Crippen molar-refractivity contribution >= 4 is 0 Å². The molecule has 0 aromatic heterocycles. The molecule has 66 valence electrons. The Bertz CT molecular complexity index is 340. The molecule has 1 aromatic carbocycles. The molecule has 1 N–H and O–H groups in total. The van der Waals surface area contributed by atoms with Crippen LogP contribution >= 0.6 is 0 Å². The zero-order valence-corrected chi connectivity index (χ0v) is 7.62. The first-order valence-electron chi connectivity index (χ1n) is 4.10. The van der Waals surface area contributed by atoms with Crippen LogP contribution in [0.1, 0.15) is 12.5 Å². The Morgan fingerprint density at radius 3 is 2.54 bits per heavy atom. The van der Waals surface area contributed by atoms with Crippen LogP contribution in [0, 0.1) is 11.8 Å². The number of aliphatic hydroxyl groups is 1. The second-order valence-corrected chi connectivity index (χ2v) is 2.88. The van der Waals surface area contributed by atoms with E-state index in [1.807, 2.05) is 30.3 Å². The fourth-order valence-electron chi connectivity index (χ4n) is 0.796. The van der Waals surface area contributed by atoms with Crippen LogP contribution in [0.25, 0.3) is 0 Å². The van der Waals surface area contributed by atoms with Gasteiger partial charge in [-0.3, -0.25) is 0 Å². The standard InChI is InChI=1S/C12H12O/c1-10(2)12(13)9-8-11-6-4-3-5-7-11/h3-7,12-13H,1H2,2H3. The molecule has 0 aliphatic rings. The van der Waals surface area contributed by atoms with Gasteiger partial charge < -0.3 is 5.11 Å². The molecule has 0 radical (unpaired) electrons. The Morgan fingerprint density at radius 1 is 1.38 bits per heavy atom. The molecule has 1 nitrogen and oxygen atoms in total. The highest BCUT2D eigenvalue weighted by molar-refractivity contribution is 5.35. The van der Waals surface area contributed by atoms with Gasteiger partial charge in [0.1, 0.15) is 6.10 Å². The molecule has 1 unspecified atom stereocenters. The molecule has 0 saturated carbocycles. The molecular weight excluding hydrogens is 160 g/mol. The summed E-state index contributed by atoms with van der Waals surface area (Å²) < 4.78 is 0. The molecule has 0 saturated heterocycles. The second-order valence-electron chi connectivity index (χ2n) is 2.88. The van der Waals surface area contributed by atoms with Crippen molar-refractivity contribution < 1.29 is 5.11 Å². The molecule has 0 spiro atoms. The lowest BCUT2D eigenvalue weighted by Crippen LogP contribution is -2.02. The average Bonchev–Trinajstić information content (AvgIpc) is 2.15. The summed E-state index contributed by atoms with van der Waals surface area (Å²) in [4.78, 5) is 0. The van der Waals surface area contributed by atoms with Crippen molar-refractivity contribution in [3.8, 4) is 11.8 Å². The van der Waals surface area contributed by atoms with Crippen LogP contribution in [-0.2, 0) is 0 Å². The Balaban J connectivity index is 2.73. The van der Waals surface area contributed by atoms with Crippen LogP contribution in [0.15, 0.2) is 42.5 Å². The second kappa shape index (κ2) is 4.49. The lowest BCUT2D eigenvalue weighted by Gasteiger charge is -1.98. The lowest BCUT2D eigenvalue weighted by molar-refractivity contribution is 0.269. The molecule has 0 aliphatic carbocycles. The minimum Gasteiger partial charge on any atom is -0.376 e. The molecular formula is C12H12O. The summed E-state index contributed by atoms with van der Waals surface area (Å²) in [5.41, 5.74) is 1.58. The smallest absolute Gasteiger partial charge is 0.136 e. The summed E-state index contributed by atoms with van der Waals surface area (Å²) >= 11 is 0. The minimum absolute atomic E-state index is 0.670. The van der Waals surface area contributed by atoms with E-state index >= 15 is 0 Å². The van der Waals surface area contributed by atoms with Crippen LogP contribution in [-0.4, -0.2) is 11.2 Å². The molecule has 1 aromatic rings. The third-order valence-electron chi connectivity index (χ3n) is 1.59. The molecule has 0 fully saturated rings. The molecule has 13 heavy (non-hydrogen) atoms. The van der Waals surface area contributed by atoms with E-state index < -0.39 is 6.10 Å².